The van der Waals surface area contributed by atoms with Gasteiger partial charge < -0.3 is 15.2 Å². The summed E-state index contributed by atoms with van der Waals surface area (Å²) < 4.78 is 0. The van der Waals surface area contributed by atoms with Gasteiger partial charge in [0.05, 0.1) is 5.39 Å². The van der Waals surface area contributed by atoms with Gasteiger partial charge in [-0.05, 0) is 31.0 Å². The first-order valence-electron chi connectivity index (χ1n) is 9.36. The van der Waals surface area contributed by atoms with Gasteiger partial charge in [-0.25, -0.2) is 9.97 Å². The van der Waals surface area contributed by atoms with Crippen molar-refractivity contribution in [2.45, 2.75) is 24.5 Å². The molecule has 7 heteroatoms. The van der Waals surface area contributed by atoms with Crippen molar-refractivity contribution in [3.63, 3.8) is 0 Å². The smallest absolute Gasteiger partial charge is 0.157 e. The van der Waals surface area contributed by atoms with Crippen molar-refractivity contribution in [1.29, 1.82) is 0 Å². The molecule has 0 radical (unpaired) electrons. The molecular weight excluding hydrogens is 340 g/mol. The molecule has 2 aliphatic rings. The number of nitrogens with one attached hydrogen (secondary N) is 2. The molecule has 1 aliphatic heterocycles. The van der Waals surface area contributed by atoms with E-state index in [0.29, 0.717) is 0 Å². The monoisotopic (exact) mass is 362 g/mol. The van der Waals surface area contributed by atoms with Crippen LogP contribution in [0.4, 0.5) is 11.5 Å². The lowest BCUT2D eigenvalue weighted by Crippen LogP contribution is -2.60. The van der Waals surface area contributed by atoms with E-state index >= 15 is 0 Å². The van der Waals surface area contributed by atoms with Crippen LogP contribution in [-0.2, 0) is 4.79 Å². The Labute approximate surface area is 157 Å². The SMILES string of the molecule is O=CC(Nc1ccccc1)N1CCN(c2ncnc3[nH]ccc23)CC12CC2. The van der Waals surface area contributed by atoms with E-state index in [1.54, 1.807) is 6.33 Å². The molecule has 1 aliphatic carbocycles. The molecule has 2 aromatic heterocycles. The molecule has 5 rings (SSSR count). The first kappa shape index (κ1) is 16.3. The first-order valence-corrected chi connectivity index (χ1v) is 9.36. The summed E-state index contributed by atoms with van der Waals surface area (Å²) in [5.41, 5.74) is 1.88. The van der Waals surface area contributed by atoms with Gasteiger partial charge >= 0.3 is 0 Å². The Morgan fingerprint density at radius 3 is 2.78 bits per heavy atom. The van der Waals surface area contributed by atoms with Crippen LogP contribution < -0.4 is 10.2 Å². The number of carbonyl (C=O) groups excluding carboxylic acids is 1. The number of aromatic amines is 1. The summed E-state index contributed by atoms with van der Waals surface area (Å²) in [6.07, 6.45) is 6.44. The van der Waals surface area contributed by atoms with Crippen molar-refractivity contribution >= 4 is 28.8 Å². The Hall–Kier alpha value is -2.93. The Balaban J connectivity index is 1.38. The highest BCUT2D eigenvalue weighted by atomic mass is 16.1. The molecule has 2 N–H and O–H groups in total. The summed E-state index contributed by atoms with van der Waals surface area (Å²) in [7, 11) is 0. The number of benzene rings is 1. The summed E-state index contributed by atoms with van der Waals surface area (Å²) in [6.45, 7) is 2.53. The molecule has 138 valence electrons. The summed E-state index contributed by atoms with van der Waals surface area (Å²) >= 11 is 0. The average molecular weight is 362 g/mol. The molecule has 3 aromatic rings. The van der Waals surface area contributed by atoms with Gasteiger partial charge in [-0.15, -0.1) is 0 Å². The molecule has 1 unspecified atom stereocenters. The molecule has 2 fully saturated rings. The maximum absolute atomic E-state index is 11.9. The lowest BCUT2D eigenvalue weighted by Gasteiger charge is -2.45. The number of piperazine rings is 1. The Kier molecular flexibility index (Phi) is 3.82. The number of hydrogen-bond acceptors (Lipinski definition) is 6. The molecule has 1 saturated carbocycles. The first-order chi connectivity index (χ1) is 13.3. The average Bonchev–Trinajstić information content (AvgIpc) is 3.29. The van der Waals surface area contributed by atoms with Gasteiger partial charge in [-0.1, -0.05) is 18.2 Å². The van der Waals surface area contributed by atoms with Crippen LogP contribution in [0.15, 0.2) is 48.9 Å². The van der Waals surface area contributed by atoms with Gasteiger partial charge in [-0.3, -0.25) is 9.69 Å². The van der Waals surface area contributed by atoms with Crippen LogP contribution in [0.2, 0.25) is 0 Å². The normalized spacial score (nSPS) is 19.9. The summed E-state index contributed by atoms with van der Waals surface area (Å²) in [5.74, 6) is 0.978. The van der Waals surface area contributed by atoms with E-state index in [4.69, 9.17) is 0 Å². The molecule has 7 nitrogen and oxygen atoms in total. The summed E-state index contributed by atoms with van der Waals surface area (Å²) in [4.78, 5) is 28.5. The number of fused-ring (bicyclic) bond motifs is 1. The molecule has 1 saturated heterocycles. The minimum absolute atomic E-state index is 0.0409. The second kappa shape index (κ2) is 6.35. The fourth-order valence-electron chi connectivity index (χ4n) is 4.20. The van der Waals surface area contributed by atoms with Crippen molar-refractivity contribution < 1.29 is 4.79 Å². The molecule has 1 aromatic carbocycles. The fraction of sp³-hybridized carbons (Fsp3) is 0.350. The number of nitrogens with zero attached hydrogens (tertiary/aromatic N) is 4. The largest absolute Gasteiger partial charge is 0.364 e. The predicted molar refractivity (Wildman–Crippen MR) is 105 cm³/mol. The quantitative estimate of drug-likeness (QED) is 0.678. The third kappa shape index (κ3) is 2.84. The number of hydrogen-bond donors (Lipinski definition) is 2. The Morgan fingerprint density at radius 2 is 2.00 bits per heavy atom. The highest BCUT2D eigenvalue weighted by Crippen LogP contribution is 2.46. The number of rotatable bonds is 5. The van der Waals surface area contributed by atoms with Crippen molar-refractivity contribution in [3.05, 3.63) is 48.9 Å². The van der Waals surface area contributed by atoms with Gasteiger partial charge in [0.15, 0.2) is 6.29 Å². The summed E-state index contributed by atoms with van der Waals surface area (Å²) in [6, 6.07) is 12.0. The van der Waals surface area contributed by atoms with E-state index in [-0.39, 0.29) is 11.7 Å². The van der Waals surface area contributed by atoms with Crippen LogP contribution in [0, 0.1) is 0 Å². The zero-order valence-electron chi connectivity index (χ0n) is 15.0. The van der Waals surface area contributed by atoms with E-state index < -0.39 is 0 Å². The maximum Gasteiger partial charge on any atom is 0.157 e. The van der Waals surface area contributed by atoms with E-state index in [0.717, 1.165) is 61.3 Å². The van der Waals surface area contributed by atoms with Crippen molar-refractivity contribution in [3.8, 4) is 0 Å². The molecule has 0 bridgehead atoms. The molecule has 27 heavy (non-hydrogen) atoms. The van der Waals surface area contributed by atoms with Gasteiger partial charge in [0.25, 0.3) is 0 Å². The molecular formula is C20H22N6O. The van der Waals surface area contributed by atoms with E-state index in [1.165, 1.54) is 0 Å². The number of H-pyrrole nitrogens is 1. The van der Waals surface area contributed by atoms with E-state index in [2.05, 4.69) is 30.1 Å². The molecule has 0 amide bonds. The van der Waals surface area contributed by atoms with E-state index in [9.17, 15) is 4.79 Å². The third-order valence-corrected chi connectivity index (χ3v) is 5.72. The lowest BCUT2D eigenvalue weighted by molar-refractivity contribution is -0.112. The molecule has 1 spiro atoms. The topological polar surface area (TPSA) is 77.2 Å². The highest BCUT2D eigenvalue weighted by molar-refractivity contribution is 5.87. The molecule has 1 atom stereocenters. The Morgan fingerprint density at radius 1 is 1.15 bits per heavy atom. The van der Waals surface area contributed by atoms with Crippen LogP contribution in [0.5, 0.6) is 0 Å². The Bertz CT molecular complexity index is 951. The fourth-order valence-corrected chi connectivity index (χ4v) is 4.20. The van der Waals surface area contributed by atoms with Crippen molar-refractivity contribution in [2.75, 3.05) is 29.9 Å². The summed E-state index contributed by atoms with van der Waals surface area (Å²) in [5, 5.41) is 4.43. The van der Waals surface area contributed by atoms with E-state index in [1.807, 2.05) is 42.6 Å². The zero-order valence-corrected chi connectivity index (χ0v) is 15.0. The third-order valence-electron chi connectivity index (χ3n) is 5.72. The van der Waals surface area contributed by atoms with Crippen LogP contribution in [0.25, 0.3) is 11.0 Å². The van der Waals surface area contributed by atoms with Gasteiger partial charge in [0, 0.05) is 37.1 Å². The number of aromatic nitrogens is 3. The van der Waals surface area contributed by atoms with Gasteiger partial charge in [-0.2, -0.15) is 0 Å². The second-order valence-corrected chi connectivity index (χ2v) is 7.37. The van der Waals surface area contributed by atoms with Crippen molar-refractivity contribution in [2.24, 2.45) is 0 Å². The number of anilines is 2. The van der Waals surface area contributed by atoms with Gasteiger partial charge in [0.2, 0.25) is 0 Å². The minimum Gasteiger partial charge on any atom is -0.364 e. The number of para-hydroxylation sites is 1. The van der Waals surface area contributed by atoms with Crippen molar-refractivity contribution in [1.82, 2.24) is 19.9 Å². The van der Waals surface area contributed by atoms with Crippen LogP contribution in [0.1, 0.15) is 12.8 Å². The predicted octanol–water partition coefficient (Wildman–Crippen LogP) is 2.25. The minimum atomic E-state index is -0.310. The zero-order chi connectivity index (χ0) is 18.3. The van der Waals surface area contributed by atoms with Crippen LogP contribution in [-0.4, -0.2) is 57.5 Å². The second-order valence-electron chi connectivity index (χ2n) is 7.37. The van der Waals surface area contributed by atoms with Gasteiger partial charge in [0.1, 0.15) is 24.0 Å². The van der Waals surface area contributed by atoms with Crippen LogP contribution >= 0.6 is 0 Å². The highest BCUT2D eigenvalue weighted by Gasteiger charge is 2.53. The number of aldehydes is 1. The lowest BCUT2D eigenvalue weighted by atomic mass is 10.1. The molecule has 3 heterocycles. The maximum atomic E-state index is 11.9. The number of carbonyl (C=O) groups is 1. The van der Waals surface area contributed by atoms with Crippen LogP contribution in [0.3, 0.4) is 0 Å². The standard InChI is InChI=1S/C20H22N6O/c27-12-17(24-15-4-2-1-3-5-15)26-11-10-25(13-20(26)7-8-20)19-16-6-9-21-18(16)22-14-23-19/h1-6,9,12,14,17,24H,7-8,10-11,13H2,(H,21,22,23).